The molecule has 3 atom stereocenters. The van der Waals surface area contributed by atoms with E-state index in [9.17, 15) is 4.79 Å². The first kappa shape index (κ1) is 12.9. The molecule has 0 heterocycles. The van der Waals surface area contributed by atoms with Crippen molar-refractivity contribution in [1.29, 1.82) is 0 Å². The fourth-order valence-corrected chi connectivity index (χ4v) is 5.73. The summed E-state index contributed by atoms with van der Waals surface area (Å²) in [4.78, 5) is 11.9. The lowest BCUT2D eigenvalue weighted by Gasteiger charge is -2.57. The smallest absolute Gasteiger partial charge is 0.204 e. The van der Waals surface area contributed by atoms with Crippen molar-refractivity contribution in [3.05, 3.63) is 0 Å². The highest BCUT2D eigenvalue weighted by Crippen LogP contribution is 2.64. The molecule has 2 fully saturated rings. The fraction of sp³-hybridized carbons (Fsp3) is 0.909. The zero-order valence-electron chi connectivity index (χ0n) is 10.1. The molecule has 2 aliphatic carbocycles. The SMILES string of the molecule is CC1CC[C@@H]2C(=O)C(Cl)(Cl)[C@]12O[Si](C)(C)C. The Morgan fingerprint density at radius 1 is 1.31 bits per heavy atom. The summed E-state index contributed by atoms with van der Waals surface area (Å²) < 4.78 is 4.91. The molecule has 16 heavy (non-hydrogen) atoms. The number of carbonyl (C=O) groups is 1. The number of rotatable bonds is 2. The molecular formula is C11H18Cl2O2Si. The van der Waals surface area contributed by atoms with Crippen LogP contribution in [0.3, 0.4) is 0 Å². The van der Waals surface area contributed by atoms with E-state index in [2.05, 4.69) is 26.6 Å². The number of Topliss-reactive ketones (excluding diaryl/α,β-unsaturated/α-hetero) is 1. The molecule has 92 valence electrons. The molecule has 0 saturated heterocycles. The van der Waals surface area contributed by atoms with E-state index in [4.69, 9.17) is 27.6 Å². The molecule has 2 rings (SSSR count). The summed E-state index contributed by atoms with van der Waals surface area (Å²) in [7, 11) is -1.77. The van der Waals surface area contributed by atoms with Crippen molar-refractivity contribution < 1.29 is 9.22 Å². The van der Waals surface area contributed by atoms with Gasteiger partial charge in [0, 0.05) is 0 Å². The van der Waals surface area contributed by atoms with Gasteiger partial charge in [0.1, 0.15) is 5.60 Å². The maximum atomic E-state index is 11.9. The molecule has 0 amide bonds. The van der Waals surface area contributed by atoms with E-state index in [-0.39, 0.29) is 17.6 Å². The number of hydrogen-bond donors (Lipinski definition) is 0. The van der Waals surface area contributed by atoms with Gasteiger partial charge in [-0.3, -0.25) is 4.79 Å². The summed E-state index contributed by atoms with van der Waals surface area (Å²) in [5, 5.41) is 0. The number of halogens is 2. The lowest BCUT2D eigenvalue weighted by atomic mass is 9.66. The van der Waals surface area contributed by atoms with E-state index in [1.807, 2.05) is 0 Å². The molecule has 0 N–H and O–H groups in total. The summed E-state index contributed by atoms with van der Waals surface area (Å²) in [5.74, 6) is 0.139. The van der Waals surface area contributed by atoms with Gasteiger partial charge in [0.2, 0.25) is 4.33 Å². The molecule has 0 aromatic carbocycles. The summed E-state index contributed by atoms with van der Waals surface area (Å²) in [6.45, 7) is 8.41. The highest BCUT2D eigenvalue weighted by Gasteiger charge is 2.77. The van der Waals surface area contributed by atoms with Gasteiger partial charge in [-0.2, -0.15) is 0 Å². The monoisotopic (exact) mass is 280 g/mol. The Bertz CT molecular complexity index is 337. The number of hydrogen-bond acceptors (Lipinski definition) is 2. The van der Waals surface area contributed by atoms with Crippen LogP contribution in [0.25, 0.3) is 0 Å². The van der Waals surface area contributed by atoms with Gasteiger partial charge >= 0.3 is 0 Å². The van der Waals surface area contributed by atoms with E-state index in [1.54, 1.807) is 0 Å². The Hall–Kier alpha value is 0.427. The Kier molecular flexibility index (Phi) is 2.79. The minimum atomic E-state index is -1.77. The Balaban J connectivity index is 2.38. The number of carbonyl (C=O) groups excluding carboxylic acids is 1. The molecule has 0 aromatic rings. The molecule has 0 aromatic heterocycles. The van der Waals surface area contributed by atoms with Crippen molar-refractivity contribution in [2.45, 2.75) is 49.3 Å². The molecule has 0 aliphatic heterocycles. The first-order valence-corrected chi connectivity index (χ1v) is 9.91. The minimum Gasteiger partial charge on any atom is -0.408 e. The molecule has 1 unspecified atom stereocenters. The van der Waals surface area contributed by atoms with Crippen molar-refractivity contribution in [1.82, 2.24) is 0 Å². The molecular weight excluding hydrogens is 263 g/mol. The molecule has 5 heteroatoms. The van der Waals surface area contributed by atoms with Gasteiger partial charge in [-0.1, -0.05) is 30.1 Å². The number of fused-ring (bicyclic) bond motifs is 1. The Morgan fingerprint density at radius 3 is 2.38 bits per heavy atom. The van der Waals surface area contributed by atoms with Crippen LogP contribution >= 0.6 is 23.2 Å². The Morgan fingerprint density at radius 2 is 1.88 bits per heavy atom. The van der Waals surface area contributed by atoms with Crippen molar-refractivity contribution in [3.63, 3.8) is 0 Å². The number of alkyl halides is 2. The van der Waals surface area contributed by atoms with Crippen LogP contribution < -0.4 is 0 Å². The lowest BCUT2D eigenvalue weighted by Crippen LogP contribution is -2.74. The lowest BCUT2D eigenvalue weighted by molar-refractivity contribution is -0.157. The largest absolute Gasteiger partial charge is 0.408 e. The van der Waals surface area contributed by atoms with Crippen molar-refractivity contribution in [2.24, 2.45) is 11.8 Å². The standard InChI is InChI=1S/C11H18Cl2O2Si/c1-7-5-6-8-9(14)11(12,13)10(7,8)15-16(2,3)4/h7-8H,5-6H2,1-4H3/t7?,8-,10+/m1/s1. The van der Waals surface area contributed by atoms with Crippen molar-refractivity contribution in [2.75, 3.05) is 0 Å². The summed E-state index contributed by atoms with van der Waals surface area (Å²) >= 11 is 12.5. The maximum absolute atomic E-state index is 11.9. The Labute approximate surface area is 108 Å². The zero-order valence-corrected chi connectivity index (χ0v) is 12.7. The van der Waals surface area contributed by atoms with Gasteiger partial charge in [0.25, 0.3) is 0 Å². The predicted octanol–water partition coefficient (Wildman–Crippen LogP) is 3.38. The second-order valence-corrected chi connectivity index (χ2v) is 11.7. The van der Waals surface area contributed by atoms with Crippen LogP contribution in [0.5, 0.6) is 0 Å². The minimum absolute atomic E-state index is 0.0431. The molecule has 0 spiro atoms. The molecule has 2 aliphatic rings. The predicted molar refractivity (Wildman–Crippen MR) is 68.5 cm³/mol. The average molecular weight is 281 g/mol. The van der Waals surface area contributed by atoms with E-state index >= 15 is 0 Å². The van der Waals surface area contributed by atoms with Gasteiger partial charge in [-0.05, 0) is 38.4 Å². The third kappa shape index (κ3) is 1.44. The molecule has 2 nitrogen and oxygen atoms in total. The van der Waals surface area contributed by atoms with Gasteiger partial charge in [0.05, 0.1) is 5.92 Å². The second-order valence-electron chi connectivity index (χ2n) is 5.98. The van der Waals surface area contributed by atoms with E-state index < -0.39 is 18.3 Å². The van der Waals surface area contributed by atoms with Gasteiger partial charge in [0.15, 0.2) is 14.1 Å². The topological polar surface area (TPSA) is 26.3 Å². The highest BCUT2D eigenvalue weighted by molar-refractivity contribution is 6.70. The van der Waals surface area contributed by atoms with E-state index in [0.717, 1.165) is 12.8 Å². The summed E-state index contributed by atoms with van der Waals surface area (Å²) in [5.41, 5.74) is -0.613. The third-order valence-corrected chi connectivity index (χ3v) is 5.64. The van der Waals surface area contributed by atoms with Gasteiger partial charge in [-0.15, -0.1) is 0 Å². The van der Waals surface area contributed by atoms with Crippen molar-refractivity contribution >= 4 is 37.3 Å². The van der Waals surface area contributed by atoms with Crippen LogP contribution in [-0.4, -0.2) is 24.0 Å². The quantitative estimate of drug-likeness (QED) is 0.573. The summed E-state index contributed by atoms with van der Waals surface area (Å²) in [6.07, 6.45) is 1.84. The van der Waals surface area contributed by atoms with Crippen LogP contribution in [0.15, 0.2) is 0 Å². The first-order chi connectivity index (χ1) is 7.13. The first-order valence-electron chi connectivity index (χ1n) is 5.75. The van der Waals surface area contributed by atoms with Crippen LogP contribution in [0.1, 0.15) is 19.8 Å². The second kappa shape index (κ2) is 3.47. The van der Waals surface area contributed by atoms with Crippen LogP contribution in [-0.2, 0) is 9.22 Å². The maximum Gasteiger partial charge on any atom is 0.204 e. The van der Waals surface area contributed by atoms with Crippen LogP contribution in [0, 0.1) is 11.8 Å². The normalized spacial score (nSPS) is 41.8. The average Bonchev–Trinajstić information content (AvgIpc) is 2.40. The van der Waals surface area contributed by atoms with Crippen molar-refractivity contribution in [3.8, 4) is 0 Å². The van der Waals surface area contributed by atoms with E-state index in [0.29, 0.717) is 0 Å². The van der Waals surface area contributed by atoms with Crippen LogP contribution in [0.2, 0.25) is 19.6 Å². The zero-order chi connectivity index (χ0) is 12.4. The molecule has 2 saturated carbocycles. The summed E-state index contributed by atoms with van der Waals surface area (Å²) in [6, 6.07) is 0. The van der Waals surface area contributed by atoms with Crippen LogP contribution in [0.4, 0.5) is 0 Å². The fourth-order valence-electron chi connectivity index (χ4n) is 3.12. The van der Waals surface area contributed by atoms with E-state index in [1.165, 1.54) is 0 Å². The van der Waals surface area contributed by atoms with Gasteiger partial charge in [-0.25, -0.2) is 0 Å². The molecule has 0 bridgehead atoms. The number of ketones is 1. The third-order valence-electron chi connectivity index (χ3n) is 3.73. The molecule has 0 radical (unpaired) electrons. The van der Waals surface area contributed by atoms with Gasteiger partial charge < -0.3 is 4.43 Å². The highest BCUT2D eigenvalue weighted by atomic mass is 35.5.